The van der Waals surface area contributed by atoms with Crippen LogP contribution >= 0.6 is 0 Å². The number of rotatable bonds is 44. The number of carbonyl (C=O) groups excluding carboxylic acids is 10. The number of guanidine groups is 1. The molecule has 1 aromatic rings. The first-order chi connectivity index (χ1) is 41.2. The number of piperidine rings is 1. The van der Waals surface area contributed by atoms with Gasteiger partial charge in [0.1, 0.15) is 48.0 Å². The average molecular weight is 1220 g/mol. The molecule has 3 unspecified atom stereocenters. The molecule has 28 N–H and O–H groups in total. The Kier molecular flexibility index (Phi) is 37.6. The Hall–Kier alpha value is -7.36. The van der Waals surface area contributed by atoms with Crippen molar-refractivity contribution in [1.29, 1.82) is 5.41 Å². The van der Waals surface area contributed by atoms with Crippen LogP contribution in [-0.2, 0) is 54.4 Å². The van der Waals surface area contributed by atoms with E-state index in [4.69, 9.17) is 51.3 Å². The van der Waals surface area contributed by atoms with Gasteiger partial charge in [-0.15, -0.1) is 0 Å². The fourth-order valence-corrected chi connectivity index (χ4v) is 9.12. The molecule has 0 radical (unpaired) electrons. The lowest BCUT2D eigenvalue weighted by atomic mass is 9.98. The number of carbonyl (C=O) groups is 10. The Balaban J connectivity index is 2.35. The fourth-order valence-electron chi connectivity index (χ4n) is 9.12. The molecule has 486 valence electrons. The summed E-state index contributed by atoms with van der Waals surface area (Å²) in [7, 11) is 0. The standard InChI is InChI=1S/C54H100N22O10/c1-34(69-48(81)40(20-26-60)71-46(79)36(61)14-2-6-21-55)45(78)67-32-44(77)70-41(17-12-25-59)53(86)76-29-11-5-19-43(76)52(85)75-42(30-35-31-64-33-68-35)51(84)74-38(16-4-8-23-57)49(82)73-39(18-13-28-66-54(62)63)50(83)72-37(15-3-7-22-56)47(80)65-27-10-9-24-58/h18,31,33-34,36-38,40-43H,2-17,19-30,32,55-61H2,1H3,(H,64,68)(H,65,80)(H,67,78)(H,69,81)(H,70,77)(H,71,79)(H,72,83)(H,73,82)(H,74,84)(H,75,85)(H4,62,63,66)/b39-18-/t34?,36?,37-,38-,40-,41+,42?,43-/m0/s1. The number of nitrogens with two attached hydrogens (primary N) is 8. The normalized spacial score (nSPS) is 15.7. The van der Waals surface area contributed by atoms with Gasteiger partial charge in [-0.05, 0) is 155 Å². The van der Waals surface area contributed by atoms with Crippen LogP contribution in [0.1, 0.15) is 128 Å². The third-order valence-corrected chi connectivity index (χ3v) is 14.0. The summed E-state index contributed by atoms with van der Waals surface area (Å²) in [6.45, 7) is 2.96. The van der Waals surface area contributed by atoms with Gasteiger partial charge in [0.25, 0.3) is 5.91 Å². The zero-order valence-corrected chi connectivity index (χ0v) is 50.0. The summed E-state index contributed by atoms with van der Waals surface area (Å²) >= 11 is 0. The number of hydrogen-bond donors (Lipinski definition) is 20. The number of H-pyrrole nitrogens is 1. The van der Waals surface area contributed by atoms with Crippen molar-refractivity contribution in [2.24, 2.45) is 45.9 Å². The summed E-state index contributed by atoms with van der Waals surface area (Å²) in [5.74, 6) is -7.32. The van der Waals surface area contributed by atoms with E-state index in [0.717, 1.165) is 0 Å². The molecule has 32 nitrogen and oxygen atoms in total. The van der Waals surface area contributed by atoms with Crippen molar-refractivity contribution in [2.45, 2.75) is 177 Å². The van der Waals surface area contributed by atoms with Gasteiger partial charge < -0.3 is 109 Å². The van der Waals surface area contributed by atoms with Crippen LogP contribution in [0.15, 0.2) is 24.3 Å². The SMILES string of the molecule is CC(NC(=O)[C@H](CCN)NC(=O)C(N)CCCCN)C(=O)NCC(=O)N[C@H](CCCN)C(=O)N1CCCC[C@H]1C(=O)NC(Cc1cnc[nH]1)C(=O)N[C@@H](CCCCN)C(=O)N/C(=C\CCNC(=N)N)C(=O)N[C@@H](CCCCN)C(=O)NCCCCN. The van der Waals surface area contributed by atoms with Gasteiger partial charge in [0.05, 0.1) is 18.9 Å². The van der Waals surface area contributed by atoms with E-state index in [9.17, 15) is 47.9 Å². The highest BCUT2D eigenvalue weighted by Crippen LogP contribution is 2.20. The molecule has 8 atom stereocenters. The van der Waals surface area contributed by atoms with Crippen molar-refractivity contribution < 1.29 is 47.9 Å². The number of amides is 10. The highest BCUT2D eigenvalue weighted by molar-refractivity contribution is 6.02. The number of imidazole rings is 1. The first-order valence-corrected chi connectivity index (χ1v) is 29.9. The van der Waals surface area contributed by atoms with Crippen molar-refractivity contribution in [1.82, 2.24) is 68.0 Å². The Morgan fingerprint density at radius 3 is 1.83 bits per heavy atom. The molecule has 10 amide bonds. The third kappa shape index (κ3) is 29.2. The van der Waals surface area contributed by atoms with Gasteiger partial charge in [-0.3, -0.25) is 53.4 Å². The highest BCUT2D eigenvalue weighted by Gasteiger charge is 2.38. The van der Waals surface area contributed by atoms with Gasteiger partial charge in [0.2, 0.25) is 53.2 Å². The van der Waals surface area contributed by atoms with E-state index in [1.54, 1.807) is 0 Å². The monoisotopic (exact) mass is 1220 g/mol. The van der Waals surface area contributed by atoms with Crippen LogP contribution in [0.3, 0.4) is 0 Å². The minimum Gasteiger partial charge on any atom is -0.370 e. The largest absolute Gasteiger partial charge is 0.370 e. The maximum Gasteiger partial charge on any atom is 0.268 e. The summed E-state index contributed by atoms with van der Waals surface area (Å²) in [5.41, 5.74) is 45.9. The van der Waals surface area contributed by atoms with Gasteiger partial charge in [0.15, 0.2) is 5.96 Å². The van der Waals surface area contributed by atoms with Crippen molar-refractivity contribution in [3.8, 4) is 0 Å². The van der Waals surface area contributed by atoms with Crippen LogP contribution < -0.4 is 99.0 Å². The quantitative estimate of drug-likeness (QED) is 0.0125. The summed E-state index contributed by atoms with van der Waals surface area (Å²) in [6.07, 6.45) is 10.8. The molecule has 2 heterocycles. The van der Waals surface area contributed by atoms with Crippen LogP contribution in [0.4, 0.5) is 0 Å². The summed E-state index contributed by atoms with van der Waals surface area (Å²) in [5, 5.41) is 34.1. The summed E-state index contributed by atoms with van der Waals surface area (Å²) < 4.78 is 0. The van der Waals surface area contributed by atoms with Gasteiger partial charge in [-0.25, -0.2) is 4.98 Å². The van der Waals surface area contributed by atoms with Gasteiger partial charge in [-0.2, -0.15) is 0 Å². The molecular formula is C54H100N22O10. The van der Waals surface area contributed by atoms with Gasteiger partial charge >= 0.3 is 0 Å². The molecule has 1 aromatic heterocycles. The molecule has 32 heteroatoms. The molecular weight excluding hydrogens is 1120 g/mol. The second kappa shape index (κ2) is 43.3. The van der Waals surface area contributed by atoms with Crippen molar-refractivity contribution >= 4 is 65.0 Å². The Morgan fingerprint density at radius 1 is 0.616 bits per heavy atom. The Bertz CT molecular complexity index is 2310. The molecule has 1 saturated heterocycles. The van der Waals surface area contributed by atoms with E-state index in [2.05, 4.69) is 63.1 Å². The molecule has 0 saturated carbocycles. The van der Waals surface area contributed by atoms with Gasteiger partial charge in [-0.1, -0.05) is 12.5 Å². The minimum absolute atomic E-state index is 0.0340. The lowest BCUT2D eigenvalue weighted by molar-refractivity contribution is -0.146. The highest BCUT2D eigenvalue weighted by atomic mass is 16.2. The topological polar surface area (TPSA) is 555 Å². The van der Waals surface area contributed by atoms with E-state index < -0.39 is 114 Å². The minimum atomic E-state index is -1.37. The number of nitrogens with zero attached hydrogens (tertiary/aromatic N) is 2. The first-order valence-electron chi connectivity index (χ1n) is 29.9. The first kappa shape index (κ1) is 74.7. The lowest BCUT2D eigenvalue weighted by Gasteiger charge is -2.37. The molecule has 0 aromatic carbocycles. The number of aromatic nitrogens is 2. The third-order valence-electron chi connectivity index (χ3n) is 14.0. The zero-order chi connectivity index (χ0) is 63.8. The van der Waals surface area contributed by atoms with E-state index in [1.165, 1.54) is 30.4 Å². The lowest BCUT2D eigenvalue weighted by Crippen LogP contribution is -2.61. The van der Waals surface area contributed by atoms with Crippen LogP contribution in [0, 0.1) is 5.41 Å². The van der Waals surface area contributed by atoms with Crippen molar-refractivity contribution in [3.05, 3.63) is 30.0 Å². The maximum atomic E-state index is 14.5. The Morgan fingerprint density at radius 2 is 1.21 bits per heavy atom. The summed E-state index contributed by atoms with van der Waals surface area (Å²) in [6, 6.07) is -9.19. The molecule has 0 bridgehead atoms. The summed E-state index contributed by atoms with van der Waals surface area (Å²) in [4.78, 5) is 146. The van der Waals surface area contributed by atoms with Crippen LogP contribution in [0.25, 0.3) is 0 Å². The second-order valence-electron chi connectivity index (χ2n) is 21.1. The van der Waals surface area contributed by atoms with E-state index >= 15 is 0 Å². The molecule has 1 fully saturated rings. The number of nitrogens with one attached hydrogen (secondary N) is 12. The second-order valence-corrected chi connectivity index (χ2v) is 21.1. The molecule has 2 rings (SSSR count). The molecule has 1 aliphatic rings. The molecule has 1 aliphatic heterocycles. The predicted octanol–water partition coefficient (Wildman–Crippen LogP) is -6.09. The number of unbranched alkanes of at least 4 members (excludes halogenated alkanes) is 4. The fraction of sp³-hybridized carbons (Fsp3) is 0.704. The number of likely N-dealkylation sites (tertiary alicyclic amines) is 1. The van der Waals surface area contributed by atoms with Crippen LogP contribution in [0.2, 0.25) is 0 Å². The average Bonchev–Trinajstić information content (AvgIpc) is 2.30. The van der Waals surface area contributed by atoms with Crippen molar-refractivity contribution in [2.75, 3.05) is 65.4 Å². The molecule has 86 heavy (non-hydrogen) atoms. The Labute approximate surface area is 503 Å². The van der Waals surface area contributed by atoms with E-state index in [-0.39, 0.29) is 95.7 Å². The van der Waals surface area contributed by atoms with Gasteiger partial charge in [0, 0.05) is 37.9 Å². The zero-order valence-electron chi connectivity index (χ0n) is 50.0. The van der Waals surface area contributed by atoms with Crippen molar-refractivity contribution in [3.63, 3.8) is 0 Å². The van der Waals surface area contributed by atoms with E-state index in [0.29, 0.717) is 103 Å². The molecule has 0 aliphatic carbocycles. The predicted molar refractivity (Wildman–Crippen MR) is 323 cm³/mol. The van der Waals surface area contributed by atoms with Crippen LogP contribution in [0.5, 0.6) is 0 Å². The number of hydrogen-bond acceptors (Lipinski definition) is 19. The molecule has 0 spiro atoms. The van der Waals surface area contributed by atoms with E-state index in [1.807, 2.05) is 0 Å². The maximum absolute atomic E-state index is 14.5. The smallest absolute Gasteiger partial charge is 0.268 e. The van der Waals surface area contributed by atoms with Crippen LogP contribution in [-0.4, -0.2) is 194 Å². The number of aromatic amines is 1.